The minimum absolute atomic E-state index is 0.227. The Morgan fingerprint density at radius 1 is 0.944 bits per heavy atom. The molecule has 6 nitrogen and oxygen atoms in total. The fourth-order valence-electron chi connectivity index (χ4n) is 4.09. The SMILES string of the molecule is CCOc1cc(C=Nn2c(C)nc3ccc(Br)cc3c2=O)ccc1OCc1cccc2ccccc12. The molecule has 0 atom stereocenters. The minimum atomic E-state index is -0.227. The average Bonchev–Trinajstić information content (AvgIpc) is 2.89. The van der Waals surface area contributed by atoms with E-state index in [2.05, 4.69) is 50.3 Å². The molecule has 5 rings (SSSR count). The van der Waals surface area contributed by atoms with Crippen LogP contribution >= 0.6 is 15.9 Å². The first kappa shape index (κ1) is 23.8. The second-order valence-electron chi connectivity index (χ2n) is 8.25. The van der Waals surface area contributed by atoms with Gasteiger partial charge >= 0.3 is 0 Å². The molecule has 0 aliphatic heterocycles. The van der Waals surface area contributed by atoms with E-state index in [1.54, 1.807) is 19.2 Å². The zero-order valence-electron chi connectivity index (χ0n) is 19.9. The Morgan fingerprint density at radius 3 is 2.64 bits per heavy atom. The fraction of sp³-hybridized carbons (Fsp3) is 0.138. The van der Waals surface area contributed by atoms with Gasteiger partial charge in [0, 0.05) is 4.47 Å². The van der Waals surface area contributed by atoms with Gasteiger partial charge in [0.2, 0.25) is 0 Å². The van der Waals surface area contributed by atoms with E-state index in [0.717, 1.165) is 15.6 Å². The third kappa shape index (κ3) is 4.88. The predicted octanol–water partition coefficient (Wildman–Crippen LogP) is 6.48. The van der Waals surface area contributed by atoms with Gasteiger partial charge in [-0.15, -0.1) is 0 Å². The smallest absolute Gasteiger partial charge is 0.282 e. The number of aromatic nitrogens is 2. The van der Waals surface area contributed by atoms with E-state index in [-0.39, 0.29) is 5.56 Å². The first-order valence-electron chi connectivity index (χ1n) is 11.6. The van der Waals surface area contributed by atoms with Crippen LogP contribution in [0.25, 0.3) is 21.7 Å². The van der Waals surface area contributed by atoms with E-state index in [0.29, 0.717) is 41.4 Å². The molecule has 1 aromatic heterocycles. The molecule has 0 bridgehead atoms. The first-order chi connectivity index (χ1) is 17.5. The summed E-state index contributed by atoms with van der Waals surface area (Å²) in [5.74, 6) is 1.77. The number of nitrogens with zero attached hydrogens (tertiary/aromatic N) is 3. The van der Waals surface area contributed by atoms with Gasteiger partial charge in [0.1, 0.15) is 12.4 Å². The van der Waals surface area contributed by atoms with Crippen LogP contribution < -0.4 is 15.0 Å². The maximum atomic E-state index is 13.0. The molecule has 0 N–H and O–H groups in total. The Bertz CT molecular complexity index is 1650. The molecule has 0 saturated heterocycles. The molecule has 5 aromatic rings. The van der Waals surface area contributed by atoms with Gasteiger partial charge in [-0.2, -0.15) is 9.78 Å². The number of hydrogen-bond acceptors (Lipinski definition) is 5. The summed E-state index contributed by atoms with van der Waals surface area (Å²) in [4.78, 5) is 17.5. The van der Waals surface area contributed by atoms with Crippen molar-refractivity contribution in [2.24, 2.45) is 5.10 Å². The summed E-state index contributed by atoms with van der Waals surface area (Å²) >= 11 is 3.41. The Morgan fingerprint density at radius 2 is 1.78 bits per heavy atom. The van der Waals surface area contributed by atoms with Crippen LogP contribution in [-0.2, 0) is 6.61 Å². The molecular formula is C29H24BrN3O3. The normalized spacial score (nSPS) is 11.4. The van der Waals surface area contributed by atoms with Gasteiger partial charge in [-0.25, -0.2) is 4.98 Å². The number of halogens is 1. The third-order valence-electron chi connectivity index (χ3n) is 5.82. The fourth-order valence-corrected chi connectivity index (χ4v) is 4.45. The zero-order valence-corrected chi connectivity index (χ0v) is 21.5. The third-order valence-corrected chi connectivity index (χ3v) is 6.32. The largest absolute Gasteiger partial charge is 0.490 e. The van der Waals surface area contributed by atoms with Crippen molar-refractivity contribution in [1.82, 2.24) is 9.66 Å². The van der Waals surface area contributed by atoms with E-state index >= 15 is 0 Å². The quantitative estimate of drug-likeness (QED) is 0.221. The topological polar surface area (TPSA) is 65.7 Å². The monoisotopic (exact) mass is 541 g/mol. The molecule has 0 radical (unpaired) electrons. The molecule has 0 unspecified atom stereocenters. The molecule has 7 heteroatoms. The molecule has 0 amide bonds. The van der Waals surface area contributed by atoms with E-state index in [4.69, 9.17) is 9.47 Å². The molecule has 0 aliphatic rings. The van der Waals surface area contributed by atoms with Gasteiger partial charge in [-0.3, -0.25) is 4.79 Å². The van der Waals surface area contributed by atoms with Crippen molar-refractivity contribution in [3.63, 3.8) is 0 Å². The van der Waals surface area contributed by atoms with Crippen molar-refractivity contribution in [3.05, 3.63) is 111 Å². The van der Waals surface area contributed by atoms with Gasteiger partial charge in [0.05, 0.1) is 23.7 Å². The maximum Gasteiger partial charge on any atom is 0.282 e. The summed E-state index contributed by atoms with van der Waals surface area (Å²) in [7, 11) is 0. The van der Waals surface area contributed by atoms with Gasteiger partial charge in [0.25, 0.3) is 5.56 Å². The Hall–Kier alpha value is -3.97. The predicted molar refractivity (Wildman–Crippen MR) is 147 cm³/mol. The van der Waals surface area contributed by atoms with Crippen LogP contribution in [0.1, 0.15) is 23.9 Å². The van der Waals surface area contributed by atoms with Crippen LogP contribution in [-0.4, -0.2) is 22.5 Å². The van der Waals surface area contributed by atoms with Crippen LogP contribution in [0.5, 0.6) is 11.5 Å². The van der Waals surface area contributed by atoms with Gasteiger partial charge in [0.15, 0.2) is 11.5 Å². The number of aryl methyl sites for hydroxylation is 1. The molecule has 36 heavy (non-hydrogen) atoms. The summed E-state index contributed by atoms with van der Waals surface area (Å²) in [6.07, 6.45) is 1.62. The van der Waals surface area contributed by atoms with Crippen LogP contribution in [0.4, 0.5) is 0 Å². The maximum absolute atomic E-state index is 13.0. The second kappa shape index (κ2) is 10.3. The van der Waals surface area contributed by atoms with Gasteiger partial charge < -0.3 is 9.47 Å². The molecule has 4 aromatic carbocycles. The van der Waals surface area contributed by atoms with Crippen molar-refractivity contribution >= 4 is 43.8 Å². The lowest BCUT2D eigenvalue weighted by Crippen LogP contribution is -2.20. The van der Waals surface area contributed by atoms with Crippen LogP contribution in [0.15, 0.2) is 93.2 Å². The molecule has 1 heterocycles. The van der Waals surface area contributed by atoms with Crippen molar-refractivity contribution < 1.29 is 9.47 Å². The van der Waals surface area contributed by atoms with E-state index in [9.17, 15) is 4.79 Å². The lowest BCUT2D eigenvalue weighted by molar-refractivity contribution is 0.270. The Labute approximate surface area is 217 Å². The van der Waals surface area contributed by atoms with E-state index in [1.165, 1.54) is 15.4 Å². The summed E-state index contributed by atoms with van der Waals surface area (Å²) < 4.78 is 14.1. The standard InChI is InChI=1S/C29H24BrN3O3/c1-3-35-28-15-20(17-31-33-19(2)32-26-13-12-23(30)16-25(26)29(33)34)11-14-27(28)36-18-22-9-6-8-21-7-4-5-10-24(21)22/h4-17H,3,18H2,1-2H3. The summed E-state index contributed by atoms with van der Waals surface area (Å²) in [5.41, 5.74) is 2.29. The van der Waals surface area contributed by atoms with Crippen molar-refractivity contribution in [3.8, 4) is 11.5 Å². The summed E-state index contributed by atoms with van der Waals surface area (Å²) in [6, 6.07) is 25.5. The summed E-state index contributed by atoms with van der Waals surface area (Å²) in [6.45, 7) is 4.60. The molecule has 0 aliphatic carbocycles. The zero-order chi connectivity index (χ0) is 25.1. The Kier molecular flexibility index (Phi) is 6.82. The number of rotatable bonds is 7. The average molecular weight is 542 g/mol. The summed E-state index contributed by atoms with van der Waals surface area (Å²) in [5, 5.41) is 7.26. The van der Waals surface area contributed by atoms with Crippen molar-refractivity contribution in [2.75, 3.05) is 6.61 Å². The highest BCUT2D eigenvalue weighted by Gasteiger charge is 2.10. The Balaban J connectivity index is 1.42. The highest BCUT2D eigenvalue weighted by molar-refractivity contribution is 9.10. The second-order valence-corrected chi connectivity index (χ2v) is 9.16. The minimum Gasteiger partial charge on any atom is -0.490 e. The van der Waals surface area contributed by atoms with Gasteiger partial charge in [-0.1, -0.05) is 58.4 Å². The van der Waals surface area contributed by atoms with Crippen LogP contribution in [0.2, 0.25) is 0 Å². The molecule has 0 spiro atoms. The van der Waals surface area contributed by atoms with Crippen LogP contribution in [0, 0.1) is 6.92 Å². The van der Waals surface area contributed by atoms with E-state index in [1.807, 2.05) is 55.5 Å². The highest BCUT2D eigenvalue weighted by Crippen LogP contribution is 2.30. The first-order valence-corrected chi connectivity index (χ1v) is 12.4. The lowest BCUT2D eigenvalue weighted by atomic mass is 10.1. The molecular weight excluding hydrogens is 518 g/mol. The molecule has 0 fully saturated rings. The number of benzene rings is 4. The molecule has 0 saturated carbocycles. The molecule has 180 valence electrons. The van der Waals surface area contributed by atoms with Gasteiger partial charge in [-0.05, 0) is 72.1 Å². The van der Waals surface area contributed by atoms with Crippen LogP contribution in [0.3, 0.4) is 0 Å². The van der Waals surface area contributed by atoms with E-state index < -0.39 is 0 Å². The van der Waals surface area contributed by atoms with Crippen molar-refractivity contribution in [2.45, 2.75) is 20.5 Å². The number of ether oxygens (including phenoxy) is 2. The number of hydrogen-bond donors (Lipinski definition) is 0. The van der Waals surface area contributed by atoms with Crippen molar-refractivity contribution in [1.29, 1.82) is 0 Å². The number of fused-ring (bicyclic) bond motifs is 2. The lowest BCUT2D eigenvalue weighted by Gasteiger charge is -2.14. The highest BCUT2D eigenvalue weighted by atomic mass is 79.9.